The second-order valence-electron chi connectivity index (χ2n) is 6.54. The number of carbonyl (C=O) groups is 2. The monoisotopic (exact) mass is 335 g/mol. The third-order valence-corrected chi connectivity index (χ3v) is 5.01. The second kappa shape index (κ2) is 6.49. The van der Waals surface area contributed by atoms with Gasteiger partial charge in [0.05, 0.1) is 12.1 Å². The van der Waals surface area contributed by atoms with Gasteiger partial charge in [-0.3, -0.25) is 14.5 Å². The summed E-state index contributed by atoms with van der Waals surface area (Å²) in [7, 11) is 3.41. The molecule has 0 radical (unpaired) electrons. The summed E-state index contributed by atoms with van der Waals surface area (Å²) in [4.78, 5) is 30.0. The number of benzene rings is 1. The molecule has 0 N–H and O–H groups in total. The Morgan fingerprint density at radius 3 is 2.88 bits per heavy atom. The molecular weight excluding hydrogens is 313 g/mol. The minimum absolute atomic E-state index is 0.0445. The lowest BCUT2D eigenvalue weighted by Gasteiger charge is -2.46. The lowest BCUT2D eigenvalue weighted by atomic mass is 9.92. The SMILES string of the molecule is COCC(=O)N1CC[C@@]2(C1)CN(c1cccc(F)c1)C(=O)CN2C. The molecule has 2 fully saturated rings. The first kappa shape index (κ1) is 16.9. The summed E-state index contributed by atoms with van der Waals surface area (Å²) in [5.74, 6) is -0.469. The highest BCUT2D eigenvalue weighted by molar-refractivity contribution is 5.96. The normalized spacial score (nSPS) is 24.9. The van der Waals surface area contributed by atoms with Crippen molar-refractivity contribution in [1.82, 2.24) is 9.80 Å². The first-order chi connectivity index (χ1) is 11.4. The number of halogens is 1. The molecule has 2 saturated heterocycles. The molecule has 1 aromatic rings. The van der Waals surface area contributed by atoms with E-state index in [1.807, 2.05) is 11.9 Å². The van der Waals surface area contributed by atoms with Crippen molar-refractivity contribution in [2.45, 2.75) is 12.0 Å². The lowest BCUT2D eigenvalue weighted by molar-refractivity contribution is -0.134. The molecule has 0 saturated carbocycles. The number of likely N-dealkylation sites (N-methyl/N-ethyl adjacent to an activating group) is 1. The van der Waals surface area contributed by atoms with Crippen molar-refractivity contribution in [2.75, 3.05) is 51.8 Å². The molecule has 0 bridgehead atoms. The Bertz CT molecular complexity index is 654. The zero-order chi connectivity index (χ0) is 17.3. The number of piperazine rings is 1. The zero-order valence-corrected chi connectivity index (χ0v) is 14.0. The molecule has 0 aromatic heterocycles. The molecule has 1 aromatic carbocycles. The molecule has 2 aliphatic rings. The van der Waals surface area contributed by atoms with Gasteiger partial charge in [0.2, 0.25) is 11.8 Å². The highest BCUT2D eigenvalue weighted by Crippen LogP contribution is 2.33. The predicted octanol–water partition coefficient (Wildman–Crippen LogP) is 0.722. The number of nitrogens with zero attached hydrogens (tertiary/aromatic N) is 3. The molecule has 2 amide bonds. The van der Waals surface area contributed by atoms with Crippen molar-refractivity contribution in [1.29, 1.82) is 0 Å². The zero-order valence-electron chi connectivity index (χ0n) is 14.0. The van der Waals surface area contributed by atoms with Crippen LogP contribution in [-0.4, -0.2) is 74.1 Å². The van der Waals surface area contributed by atoms with Crippen LogP contribution in [0.1, 0.15) is 6.42 Å². The Kier molecular flexibility index (Phi) is 4.56. The van der Waals surface area contributed by atoms with Gasteiger partial charge in [0.25, 0.3) is 0 Å². The van der Waals surface area contributed by atoms with E-state index < -0.39 is 0 Å². The van der Waals surface area contributed by atoms with E-state index in [1.54, 1.807) is 21.9 Å². The van der Waals surface area contributed by atoms with Crippen molar-refractivity contribution in [3.05, 3.63) is 30.1 Å². The highest BCUT2D eigenvalue weighted by atomic mass is 19.1. The van der Waals surface area contributed by atoms with Crippen LogP contribution < -0.4 is 4.90 Å². The summed E-state index contributed by atoms with van der Waals surface area (Å²) in [6.07, 6.45) is 0.776. The van der Waals surface area contributed by atoms with Gasteiger partial charge in [-0.05, 0) is 31.7 Å². The third-order valence-electron chi connectivity index (χ3n) is 5.01. The Hall–Kier alpha value is -1.99. The average Bonchev–Trinajstić information content (AvgIpc) is 2.97. The minimum atomic E-state index is -0.364. The fourth-order valence-electron chi connectivity index (χ4n) is 3.56. The number of carbonyl (C=O) groups excluding carboxylic acids is 2. The molecule has 0 unspecified atom stereocenters. The van der Waals surface area contributed by atoms with Gasteiger partial charge in [-0.2, -0.15) is 0 Å². The number of hydrogen-bond donors (Lipinski definition) is 0. The molecule has 0 aliphatic carbocycles. The van der Waals surface area contributed by atoms with Crippen LogP contribution in [0.3, 0.4) is 0 Å². The van der Waals surface area contributed by atoms with Crippen molar-refractivity contribution in [3.8, 4) is 0 Å². The van der Waals surface area contributed by atoms with Crippen molar-refractivity contribution in [2.24, 2.45) is 0 Å². The van der Waals surface area contributed by atoms with Crippen molar-refractivity contribution < 1.29 is 18.7 Å². The number of ether oxygens (including phenoxy) is 1. The first-order valence-electron chi connectivity index (χ1n) is 7.99. The molecule has 2 aliphatic heterocycles. The highest BCUT2D eigenvalue weighted by Gasteiger charge is 2.48. The number of anilines is 1. The van der Waals surface area contributed by atoms with E-state index >= 15 is 0 Å². The van der Waals surface area contributed by atoms with Crippen LogP contribution in [0.15, 0.2) is 24.3 Å². The van der Waals surface area contributed by atoms with Gasteiger partial charge in [-0.1, -0.05) is 6.07 Å². The molecule has 130 valence electrons. The fourth-order valence-corrected chi connectivity index (χ4v) is 3.56. The van der Waals surface area contributed by atoms with Gasteiger partial charge >= 0.3 is 0 Å². The molecule has 3 rings (SSSR count). The number of likely N-dealkylation sites (tertiary alicyclic amines) is 1. The quantitative estimate of drug-likeness (QED) is 0.817. The summed E-state index contributed by atoms with van der Waals surface area (Å²) >= 11 is 0. The van der Waals surface area contributed by atoms with Crippen molar-refractivity contribution in [3.63, 3.8) is 0 Å². The maximum Gasteiger partial charge on any atom is 0.248 e. The number of amides is 2. The van der Waals surface area contributed by atoms with E-state index in [-0.39, 0.29) is 36.3 Å². The molecule has 1 atom stereocenters. The van der Waals surface area contributed by atoms with Crippen LogP contribution in [0.2, 0.25) is 0 Å². The van der Waals surface area contributed by atoms with Crippen LogP contribution in [0, 0.1) is 5.82 Å². The molecule has 7 heteroatoms. The summed E-state index contributed by atoms with van der Waals surface area (Å²) in [6.45, 7) is 1.94. The number of rotatable bonds is 3. The van der Waals surface area contributed by atoms with Gasteiger partial charge in [0.15, 0.2) is 0 Å². The van der Waals surface area contributed by atoms with Gasteiger partial charge in [-0.15, -0.1) is 0 Å². The van der Waals surface area contributed by atoms with Crippen LogP contribution in [0.4, 0.5) is 10.1 Å². The summed E-state index contributed by atoms with van der Waals surface area (Å²) in [6, 6.07) is 6.08. The van der Waals surface area contributed by atoms with E-state index in [1.165, 1.54) is 19.2 Å². The smallest absolute Gasteiger partial charge is 0.248 e. The predicted molar refractivity (Wildman–Crippen MR) is 87.2 cm³/mol. The Labute approximate surface area is 140 Å². The third kappa shape index (κ3) is 3.01. The molecular formula is C17H22FN3O3. The maximum atomic E-state index is 13.5. The van der Waals surface area contributed by atoms with Crippen LogP contribution in [-0.2, 0) is 14.3 Å². The topological polar surface area (TPSA) is 53.1 Å². The molecule has 6 nitrogen and oxygen atoms in total. The molecule has 24 heavy (non-hydrogen) atoms. The number of methoxy groups -OCH3 is 1. The summed E-state index contributed by atoms with van der Waals surface area (Å²) < 4.78 is 18.5. The van der Waals surface area contributed by atoms with Gasteiger partial charge < -0.3 is 14.5 Å². The van der Waals surface area contributed by atoms with E-state index in [9.17, 15) is 14.0 Å². The van der Waals surface area contributed by atoms with Gasteiger partial charge in [0.1, 0.15) is 12.4 Å². The Morgan fingerprint density at radius 1 is 1.38 bits per heavy atom. The van der Waals surface area contributed by atoms with Crippen LogP contribution in [0.25, 0.3) is 0 Å². The molecule has 1 spiro atoms. The fraction of sp³-hybridized carbons (Fsp3) is 0.529. The average molecular weight is 335 g/mol. The second-order valence-corrected chi connectivity index (χ2v) is 6.54. The van der Waals surface area contributed by atoms with Gasteiger partial charge in [-0.25, -0.2) is 4.39 Å². The van der Waals surface area contributed by atoms with Gasteiger partial charge in [0, 0.05) is 32.4 Å². The van der Waals surface area contributed by atoms with Crippen molar-refractivity contribution >= 4 is 17.5 Å². The Morgan fingerprint density at radius 2 is 2.17 bits per heavy atom. The Balaban J connectivity index is 1.81. The standard InChI is InChI=1S/C17H22FN3O3/c1-19-9-15(22)21(14-5-3-4-13(18)8-14)12-17(19)6-7-20(11-17)16(23)10-24-2/h3-5,8H,6-7,9-12H2,1-2H3/t17-/m1/s1. The first-order valence-corrected chi connectivity index (χ1v) is 7.99. The largest absolute Gasteiger partial charge is 0.375 e. The van der Waals surface area contributed by atoms with Crippen LogP contribution >= 0.6 is 0 Å². The summed E-state index contributed by atoms with van der Waals surface area (Å²) in [5, 5.41) is 0. The van der Waals surface area contributed by atoms with E-state index in [0.29, 0.717) is 25.3 Å². The van der Waals surface area contributed by atoms with E-state index in [0.717, 1.165) is 6.42 Å². The molecule has 2 heterocycles. The number of hydrogen-bond acceptors (Lipinski definition) is 4. The van der Waals surface area contributed by atoms with Crippen LogP contribution in [0.5, 0.6) is 0 Å². The van der Waals surface area contributed by atoms with E-state index in [2.05, 4.69) is 0 Å². The minimum Gasteiger partial charge on any atom is -0.375 e. The van der Waals surface area contributed by atoms with E-state index in [4.69, 9.17) is 4.74 Å². The lowest BCUT2D eigenvalue weighted by Crippen LogP contribution is -2.64. The maximum absolute atomic E-state index is 13.5. The summed E-state index contributed by atoms with van der Waals surface area (Å²) in [5.41, 5.74) is 0.262.